The van der Waals surface area contributed by atoms with Crippen molar-refractivity contribution in [1.29, 1.82) is 0 Å². The molecule has 1 fully saturated rings. The molecule has 0 atom stereocenters. The van der Waals surface area contributed by atoms with Crippen molar-refractivity contribution >= 4 is 45.3 Å². The average molecular weight is 363 g/mol. The lowest BCUT2D eigenvalue weighted by Crippen LogP contribution is -2.40. The smallest absolute Gasteiger partial charge is 0.216 e. The van der Waals surface area contributed by atoms with Gasteiger partial charge in [-0.15, -0.1) is 5.10 Å². The van der Waals surface area contributed by atoms with E-state index in [9.17, 15) is 0 Å². The average Bonchev–Trinajstić information content (AvgIpc) is 3.21. The molecule has 0 aromatic heterocycles. The summed E-state index contributed by atoms with van der Waals surface area (Å²) in [6.45, 7) is 0. The maximum Gasteiger partial charge on any atom is 0.216 e. The highest BCUT2D eigenvalue weighted by Gasteiger charge is 2.51. The molecule has 1 aromatic carbocycles. The van der Waals surface area contributed by atoms with E-state index >= 15 is 0 Å². The van der Waals surface area contributed by atoms with Crippen molar-refractivity contribution in [3.8, 4) is 0 Å². The third-order valence-electron chi connectivity index (χ3n) is 4.69. The first-order valence-electron chi connectivity index (χ1n) is 7.85. The third kappa shape index (κ3) is 2.08. The van der Waals surface area contributed by atoms with Crippen LogP contribution in [0.3, 0.4) is 0 Å². The van der Waals surface area contributed by atoms with Crippen molar-refractivity contribution in [3.63, 3.8) is 0 Å². The predicted molar refractivity (Wildman–Crippen MR) is 98.2 cm³/mol. The number of fused-ring (bicyclic) bond motifs is 4. The third-order valence-corrected chi connectivity index (χ3v) is 7.30. The fourth-order valence-corrected chi connectivity index (χ4v) is 6.00. The minimum Gasteiger partial charge on any atom is -0.228 e. The van der Waals surface area contributed by atoms with E-state index in [4.69, 9.17) is 21.8 Å². The summed E-state index contributed by atoms with van der Waals surface area (Å²) in [5.41, 5.74) is 0.974. The molecule has 0 saturated heterocycles. The number of thioether (sulfide) groups is 2. The molecule has 3 heterocycles. The van der Waals surface area contributed by atoms with Gasteiger partial charge in [0.05, 0.1) is 5.02 Å². The summed E-state index contributed by atoms with van der Waals surface area (Å²) in [6.07, 6.45) is 6.32. The second kappa shape index (κ2) is 5.19. The van der Waals surface area contributed by atoms with Crippen molar-refractivity contribution in [2.24, 2.45) is 10.2 Å². The van der Waals surface area contributed by atoms with E-state index < -0.39 is 0 Å². The maximum atomic E-state index is 6.31. The molecule has 4 nitrogen and oxygen atoms in total. The Kier molecular flexibility index (Phi) is 3.22. The van der Waals surface area contributed by atoms with Gasteiger partial charge in [-0.25, -0.2) is 5.01 Å². The molecule has 0 N–H and O–H groups in total. The molecule has 0 amide bonds. The van der Waals surface area contributed by atoms with Gasteiger partial charge in [0.25, 0.3) is 0 Å². The quantitative estimate of drug-likeness (QED) is 0.715. The van der Waals surface area contributed by atoms with Gasteiger partial charge < -0.3 is 0 Å². The number of benzene rings is 1. The van der Waals surface area contributed by atoms with Gasteiger partial charge in [0, 0.05) is 11.0 Å². The van der Waals surface area contributed by atoms with E-state index in [1.54, 1.807) is 11.8 Å². The number of nitrogens with zero attached hydrogens (tertiary/aromatic N) is 4. The summed E-state index contributed by atoms with van der Waals surface area (Å²) in [6, 6.07) is 7.84. The molecular weight excluding hydrogens is 348 g/mol. The number of rotatable bonds is 1. The Balaban J connectivity index is 1.46. The zero-order chi connectivity index (χ0) is 15.4. The van der Waals surface area contributed by atoms with Crippen molar-refractivity contribution < 1.29 is 0 Å². The van der Waals surface area contributed by atoms with Crippen molar-refractivity contribution in [3.05, 3.63) is 46.1 Å². The predicted octanol–water partition coefficient (Wildman–Crippen LogP) is 4.84. The van der Waals surface area contributed by atoms with Gasteiger partial charge >= 0.3 is 0 Å². The zero-order valence-corrected chi connectivity index (χ0v) is 14.8. The Morgan fingerprint density at radius 3 is 2.74 bits per heavy atom. The minimum atomic E-state index is 0.131. The van der Waals surface area contributed by atoms with Crippen molar-refractivity contribution in [2.45, 2.75) is 37.0 Å². The van der Waals surface area contributed by atoms with Gasteiger partial charge in [0.15, 0.2) is 5.82 Å². The Labute approximate surface area is 148 Å². The van der Waals surface area contributed by atoms with Crippen LogP contribution in [0.5, 0.6) is 0 Å². The molecule has 0 unspecified atom stereocenters. The highest BCUT2D eigenvalue weighted by molar-refractivity contribution is 8.27. The number of hydrogen-bond acceptors (Lipinski definition) is 6. The lowest BCUT2D eigenvalue weighted by atomic mass is 9.94. The summed E-state index contributed by atoms with van der Waals surface area (Å²) >= 11 is 9.83. The molecule has 1 aromatic rings. The molecule has 4 aliphatic rings. The first-order valence-corrected chi connectivity index (χ1v) is 9.93. The fourth-order valence-electron chi connectivity index (χ4n) is 3.51. The molecule has 7 heteroatoms. The van der Waals surface area contributed by atoms with E-state index in [0.717, 1.165) is 26.6 Å². The molecule has 0 bridgehead atoms. The van der Waals surface area contributed by atoms with Gasteiger partial charge in [0.1, 0.15) is 9.91 Å². The summed E-state index contributed by atoms with van der Waals surface area (Å²) in [5, 5.41) is 18.7. The number of hydrogen-bond donors (Lipinski definition) is 0. The molecule has 0 radical (unpaired) electrons. The first kappa shape index (κ1) is 14.3. The van der Waals surface area contributed by atoms with Gasteiger partial charge in [-0.1, -0.05) is 60.8 Å². The molecular formula is C16H15ClN4S2. The Morgan fingerprint density at radius 2 is 1.91 bits per heavy atom. The van der Waals surface area contributed by atoms with Crippen LogP contribution >= 0.6 is 35.1 Å². The van der Waals surface area contributed by atoms with Crippen LogP contribution < -0.4 is 0 Å². The normalized spacial score (nSPS) is 24.5. The molecule has 1 spiro atoms. The van der Waals surface area contributed by atoms with E-state index in [1.165, 1.54) is 32.1 Å². The summed E-state index contributed by atoms with van der Waals surface area (Å²) in [7, 11) is 0. The van der Waals surface area contributed by atoms with E-state index in [-0.39, 0.29) is 4.87 Å². The van der Waals surface area contributed by atoms with Gasteiger partial charge in [-0.2, -0.15) is 10.1 Å². The highest BCUT2D eigenvalue weighted by Crippen LogP contribution is 2.54. The van der Waals surface area contributed by atoms with Crippen LogP contribution in [0.4, 0.5) is 0 Å². The summed E-state index contributed by atoms with van der Waals surface area (Å²) in [4.78, 5) is 0.131. The molecule has 3 aliphatic heterocycles. The van der Waals surface area contributed by atoms with E-state index in [0.29, 0.717) is 0 Å². The number of halogens is 1. The molecule has 1 saturated carbocycles. The molecule has 5 rings (SSSR count). The molecule has 1 aliphatic carbocycles. The second-order valence-electron chi connectivity index (χ2n) is 6.09. The van der Waals surface area contributed by atoms with Crippen LogP contribution in [-0.4, -0.2) is 25.1 Å². The maximum absolute atomic E-state index is 6.31. The van der Waals surface area contributed by atoms with Gasteiger partial charge in [-0.3, -0.25) is 0 Å². The second-order valence-corrected chi connectivity index (χ2v) is 8.69. The molecule has 23 heavy (non-hydrogen) atoms. The van der Waals surface area contributed by atoms with Crippen molar-refractivity contribution in [2.75, 3.05) is 0 Å². The first-order chi connectivity index (χ1) is 11.3. The van der Waals surface area contributed by atoms with Crippen LogP contribution in [0.25, 0.3) is 0 Å². The van der Waals surface area contributed by atoms with Crippen LogP contribution in [0, 0.1) is 0 Å². The highest BCUT2D eigenvalue weighted by atomic mass is 35.5. The fraction of sp³-hybridized carbons (Fsp3) is 0.375. The van der Waals surface area contributed by atoms with Crippen LogP contribution in [0.2, 0.25) is 5.02 Å². The van der Waals surface area contributed by atoms with Gasteiger partial charge in [-0.05, 0) is 30.7 Å². The number of amidine groups is 1. The van der Waals surface area contributed by atoms with Crippen LogP contribution in [-0.2, 0) is 0 Å². The molecule has 118 valence electrons. The van der Waals surface area contributed by atoms with E-state index in [2.05, 4.69) is 10.4 Å². The Bertz CT molecular complexity index is 767. The largest absolute Gasteiger partial charge is 0.228 e. The van der Waals surface area contributed by atoms with Gasteiger partial charge in [0.2, 0.25) is 5.17 Å². The number of hydrazone groups is 2. The zero-order valence-electron chi connectivity index (χ0n) is 12.4. The SMILES string of the molecule is Clc1ccccc1C1=NN2C3=CSC4(CCCCC4)N3N=C2S1. The topological polar surface area (TPSA) is 31.2 Å². The summed E-state index contributed by atoms with van der Waals surface area (Å²) in [5.74, 6) is 1.10. The summed E-state index contributed by atoms with van der Waals surface area (Å²) < 4.78 is 0. The lowest BCUT2D eigenvalue weighted by molar-refractivity contribution is 0.170. The van der Waals surface area contributed by atoms with Crippen molar-refractivity contribution in [1.82, 2.24) is 10.0 Å². The Morgan fingerprint density at radius 1 is 1.09 bits per heavy atom. The Hall–Kier alpha value is -1.11. The van der Waals surface area contributed by atoms with Crippen LogP contribution in [0.15, 0.2) is 45.7 Å². The monoisotopic (exact) mass is 362 g/mol. The van der Waals surface area contributed by atoms with Crippen LogP contribution in [0.1, 0.15) is 37.7 Å². The standard InChI is InChI=1S/C16H15ClN4S2/c17-12-7-3-2-6-11(12)14-18-20-13-10-22-16(8-4-1-5-9-16)21(13)19-15(20)23-14/h2-3,6-7,10H,1,4-5,8-9H2. The minimum absolute atomic E-state index is 0.131. The lowest BCUT2D eigenvalue weighted by Gasteiger charge is -2.37. The van der Waals surface area contributed by atoms with E-state index in [1.807, 2.05) is 41.0 Å².